The maximum atomic E-state index is 2.62. The topological polar surface area (TPSA) is 6.48 Å². The molecule has 1 aliphatic carbocycles. The normalized spacial score (nSPS) is 17.9. The van der Waals surface area contributed by atoms with E-state index in [1.54, 1.807) is 0 Å². The fraction of sp³-hybridized carbons (Fsp3) is 0.217. The average Bonchev–Trinajstić information content (AvgIpc) is 2.68. The molecule has 124 valence electrons. The molecule has 1 fully saturated rings. The highest BCUT2D eigenvalue weighted by molar-refractivity contribution is 5.66. The monoisotopic (exact) mass is 326 g/mol. The highest BCUT2D eigenvalue weighted by atomic mass is 15.4. The molecule has 1 aliphatic heterocycles. The first-order chi connectivity index (χ1) is 12.4. The maximum Gasteiger partial charge on any atom is 0.144 e. The number of anilines is 2. The number of hydrogen-bond donors (Lipinski definition) is 0. The van der Waals surface area contributed by atoms with Crippen LogP contribution in [-0.2, 0) is 12.1 Å². The van der Waals surface area contributed by atoms with E-state index in [-0.39, 0.29) is 5.66 Å². The Morgan fingerprint density at radius 2 is 1.12 bits per heavy atom. The lowest BCUT2D eigenvalue weighted by Crippen LogP contribution is -2.68. The van der Waals surface area contributed by atoms with Gasteiger partial charge < -0.3 is 9.80 Å². The Morgan fingerprint density at radius 1 is 0.600 bits per heavy atom. The average molecular weight is 326 g/mol. The van der Waals surface area contributed by atoms with Gasteiger partial charge in [0.1, 0.15) is 5.66 Å². The van der Waals surface area contributed by atoms with Crippen molar-refractivity contribution in [2.45, 2.75) is 18.5 Å². The molecule has 0 amide bonds. The van der Waals surface area contributed by atoms with Gasteiger partial charge in [0.05, 0.1) is 0 Å². The Kier molecular flexibility index (Phi) is 3.30. The van der Waals surface area contributed by atoms with Gasteiger partial charge in [-0.05, 0) is 36.2 Å². The van der Waals surface area contributed by atoms with Crippen molar-refractivity contribution in [1.29, 1.82) is 0 Å². The second-order valence-corrected chi connectivity index (χ2v) is 6.98. The van der Waals surface area contributed by atoms with E-state index >= 15 is 0 Å². The number of para-hydroxylation sites is 2. The number of fused-ring (bicyclic) bond motifs is 2. The van der Waals surface area contributed by atoms with Crippen LogP contribution in [0.25, 0.3) is 0 Å². The van der Waals surface area contributed by atoms with Crippen LogP contribution in [0.4, 0.5) is 11.4 Å². The standard InChI is InChI=1S/C23H22N2/c1-3-11-20(12-4-1)24-16-9-17-25(21-13-5-2-6-14-21)23(24)18-19-10-7-8-15-22(19)23/h1-8,10-15H,9,16-18H2. The van der Waals surface area contributed by atoms with Gasteiger partial charge in [0.25, 0.3) is 0 Å². The van der Waals surface area contributed by atoms with Crippen molar-refractivity contribution in [2.24, 2.45) is 0 Å². The molecule has 1 saturated heterocycles. The first kappa shape index (κ1) is 14.6. The lowest BCUT2D eigenvalue weighted by atomic mass is 9.73. The first-order valence-corrected chi connectivity index (χ1v) is 9.13. The van der Waals surface area contributed by atoms with Crippen molar-refractivity contribution in [3.8, 4) is 0 Å². The van der Waals surface area contributed by atoms with E-state index in [0.29, 0.717) is 0 Å². The van der Waals surface area contributed by atoms with Crippen LogP contribution >= 0.6 is 0 Å². The van der Waals surface area contributed by atoms with E-state index in [1.807, 2.05) is 0 Å². The summed E-state index contributed by atoms with van der Waals surface area (Å²) in [5.41, 5.74) is 5.52. The Morgan fingerprint density at radius 3 is 1.68 bits per heavy atom. The minimum absolute atomic E-state index is 0.0580. The molecule has 5 rings (SSSR count). The molecule has 0 unspecified atom stereocenters. The molecule has 25 heavy (non-hydrogen) atoms. The third kappa shape index (κ3) is 2.10. The van der Waals surface area contributed by atoms with Crippen molar-refractivity contribution >= 4 is 11.4 Å². The highest BCUT2D eigenvalue weighted by Gasteiger charge is 2.53. The van der Waals surface area contributed by atoms with E-state index in [9.17, 15) is 0 Å². The number of rotatable bonds is 2. The number of hydrogen-bond acceptors (Lipinski definition) is 2. The predicted molar refractivity (Wildman–Crippen MR) is 104 cm³/mol. The fourth-order valence-electron chi connectivity index (χ4n) is 4.60. The summed E-state index contributed by atoms with van der Waals surface area (Å²) in [6, 6.07) is 30.7. The van der Waals surface area contributed by atoms with Crippen LogP contribution in [0, 0.1) is 0 Å². The van der Waals surface area contributed by atoms with Gasteiger partial charge in [-0.2, -0.15) is 0 Å². The Bertz CT molecular complexity index is 825. The number of nitrogens with zero attached hydrogens (tertiary/aromatic N) is 2. The fourth-order valence-corrected chi connectivity index (χ4v) is 4.60. The maximum absolute atomic E-state index is 2.62. The van der Waals surface area contributed by atoms with Gasteiger partial charge in [-0.1, -0.05) is 60.7 Å². The first-order valence-electron chi connectivity index (χ1n) is 9.13. The summed E-state index contributed by atoms with van der Waals surface area (Å²) in [4.78, 5) is 5.23. The van der Waals surface area contributed by atoms with E-state index in [0.717, 1.165) is 19.5 Å². The number of benzene rings is 3. The van der Waals surface area contributed by atoms with Crippen LogP contribution in [0.15, 0.2) is 84.9 Å². The largest absolute Gasteiger partial charge is 0.344 e. The van der Waals surface area contributed by atoms with Crippen molar-refractivity contribution in [2.75, 3.05) is 22.9 Å². The summed E-state index contributed by atoms with van der Waals surface area (Å²) >= 11 is 0. The van der Waals surface area contributed by atoms with Crippen LogP contribution in [0.3, 0.4) is 0 Å². The Hall–Kier alpha value is -2.74. The molecule has 3 aromatic carbocycles. The summed E-state index contributed by atoms with van der Waals surface area (Å²) in [6.45, 7) is 2.20. The molecule has 2 nitrogen and oxygen atoms in total. The molecule has 0 bridgehead atoms. The highest BCUT2D eigenvalue weighted by Crippen LogP contribution is 2.51. The summed E-state index contributed by atoms with van der Waals surface area (Å²) in [5, 5.41) is 0. The van der Waals surface area contributed by atoms with Gasteiger partial charge in [-0.25, -0.2) is 0 Å². The van der Waals surface area contributed by atoms with Gasteiger partial charge in [0.2, 0.25) is 0 Å². The molecule has 2 heteroatoms. The van der Waals surface area contributed by atoms with Crippen molar-refractivity contribution in [3.05, 3.63) is 96.1 Å². The molecular weight excluding hydrogens is 304 g/mol. The molecule has 2 aliphatic rings. The van der Waals surface area contributed by atoms with Crippen molar-refractivity contribution < 1.29 is 0 Å². The second kappa shape index (κ2) is 5.66. The van der Waals surface area contributed by atoms with E-state index in [2.05, 4.69) is 94.7 Å². The zero-order valence-electron chi connectivity index (χ0n) is 14.3. The third-order valence-corrected chi connectivity index (χ3v) is 5.68. The van der Waals surface area contributed by atoms with Gasteiger partial charge in [-0.15, -0.1) is 0 Å². The Balaban J connectivity index is 1.68. The van der Waals surface area contributed by atoms with Gasteiger partial charge in [-0.3, -0.25) is 0 Å². The molecule has 0 atom stereocenters. The molecule has 1 heterocycles. The molecular formula is C23H22N2. The van der Waals surface area contributed by atoms with E-state index in [4.69, 9.17) is 0 Å². The van der Waals surface area contributed by atoms with Gasteiger partial charge >= 0.3 is 0 Å². The van der Waals surface area contributed by atoms with Crippen molar-refractivity contribution in [3.63, 3.8) is 0 Å². The lowest BCUT2D eigenvalue weighted by molar-refractivity contribution is 0.292. The minimum atomic E-state index is -0.0580. The lowest BCUT2D eigenvalue weighted by Gasteiger charge is -2.61. The molecule has 1 spiro atoms. The quantitative estimate of drug-likeness (QED) is 0.666. The summed E-state index contributed by atoms with van der Waals surface area (Å²) in [5.74, 6) is 0. The second-order valence-electron chi connectivity index (χ2n) is 6.98. The van der Waals surface area contributed by atoms with Crippen LogP contribution in [-0.4, -0.2) is 13.1 Å². The van der Waals surface area contributed by atoms with E-state index < -0.39 is 0 Å². The predicted octanol–water partition coefficient (Wildman–Crippen LogP) is 4.81. The SMILES string of the molecule is c1ccc(N2CCCN(c3ccccc3)C23Cc2ccccc23)cc1. The molecule has 0 radical (unpaired) electrons. The molecule has 0 N–H and O–H groups in total. The molecule has 3 aromatic rings. The van der Waals surface area contributed by atoms with E-state index in [1.165, 1.54) is 28.9 Å². The summed E-state index contributed by atoms with van der Waals surface area (Å²) in [6.07, 6.45) is 2.25. The van der Waals surface area contributed by atoms with Crippen LogP contribution in [0.5, 0.6) is 0 Å². The third-order valence-electron chi connectivity index (χ3n) is 5.68. The summed E-state index contributed by atoms with van der Waals surface area (Å²) < 4.78 is 0. The smallest absolute Gasteiger partial charge is 0.144 e. The zero-order chi connectivity index (χ0) is 16.7. The van der Waals surface area contributed by atoms with Gasteiger partial charge in [0, 0.05) is 36.4 Å². The molecule has 0 aromatic heterocycles. The van der Waals surface area contributed by atoms with Crippen LogP contribution in [0.2, 0.25) is 0 Å². The Labute approximate surface area is 149 Å². The van der Waals surface area contributed by atoms with Crippen LogP contribution < -0.4 is 9.80 Å². The minimum Gasteiger partial charge on any atom is -0.344 e. The summed E-state index contributed by atoms with van der Waals surface area (Å²) in [7, 11) is 0. The van der Waals surface area contributed by atoms with Crippen LogP contribution in [0.1, 0.15) is 17.5 Å². The molecule has 0 saturated carbocycles. The zero-order valence-corrected chi connectivity index (χ0v) is 14.3. The van der Waals surface area contributed by atoms with Gasteiger partial charge in [0.15, 0.2) is 0 Å². The van der Waals surface area contributed by atoms with Crippen molar-refractivity contribution in [1.82, 2.24) is 0 Å².